The Morgan fingerprint density at radius 1 is 1.00 bits per heavy atom. The van der Waals surface area contributed by atoms with Crippen LogP contribution in [0, 0.1) is 0 Å². The van der Waals surface area contributed by atoms with Crippen LogP contribution >= 0.6 is 0 Å². The van der Waals surface area contributed by atoms with Gasteiger partial charge >= 0.3 is 23.9 Å². The zero-order chi connectivity index (χ0) is 27.0. The van der Waals surface area contributed by atoms with E-state index in [1.807, 2.05) is 12.2 Å². The summed E-state index contributed by atoms with van der Waals surface area (Å²) in [5, 5.41) is 0. The number of hydrogen-bond donors (Lipinski definition) is 0. The van der Waals surface area contributed by atoms with E-state index in [4.69, 9.17) is 14.2 Å². The zero-order valence-electron chi connectivity index (χ0n) is 21.4. The summed E-state index contributed by atoms with van der Waals surface area (Å²) in [7, 11) is 1.27. The van der Waals surface area contributed by atoms with Crippen molar-refractivity contribution >= 4 is 29.7 Å². The Labute approximate surface area is 212 Å². The average molecular weight is 505 g/mol. The van der Waals surface area contributed by atoms with Crippen LogP contribution in [0.15, 0.2) is 48.1 Å². The van der Waals surface area contributed by atoms with Gasteiger partial charge in [0.1, 0.15) is 6.10 Å². The molecule has 1 rings (SSSR count). The Kier molecular flexibility index (Phi) is 13.8. The van der Waals surface area contributed by atoms with Gasteiger partial charge in [0, 0.05) is 39.2 Å². The van der Waals surface area contributed by atoms with E-state index >= 15 is 0 Å². The van der Waals surface area contributed by atoms with Crippen LogP contribution < -0.4 is 0 Å². The third kappa shape index (κ3) is 11.8. The summed E-state index contributed by atoms with van der Waals surface area (Å²) in [6.45, 7) is 4.33. The van der Waals surface area contributed by atoms with Crippen LogP contribution in [-0.4, -0.2) is 55.1 Å². The number of methoxy groups -OCH3 is 1. The van der Waals surface area contributed by atoms with Crippen molar-refractivity contribution in [2.75, 3.05) is 13.7 Å². The van der Waals surface area contributed by atoms with E-state index in [-0.39, 0.29) is 36.6 Å². The minimum absolute atomic E-state index is 0.0573. The Morgan fingerprint density at radius 2 is 1.75 bits per heavy atom. The maximum atomic E-state index is 12.6. The largest absolute Gasteiger partial charge is 0.469 e. The summed E-state index contributed by atoms with van der Waals surface area (Å²) < 4.78 is 20.3. The highest BCUT2D eigenvalue weighted by atomic mass is 16.6. The molecule has 36 heavy (non-hydrogen) atoms. The third-order valence-corrected chi connectivity index (χ3v) is 5.23. The first-order valence-electron chi connectivity index (χ1n) is 11.9. The molecule has 0 N–H and O–H groups in total. The van der Waals surface area contributed by atoms with Crippen molar-refractivity contribution < 1.29 is 42.9 Å². The number of rotatable bonds is 15. The molecule has 0 bridgehead atoms. The number of unbranched alkanes of at least 4 members (excludes halogenated alkanes) is 3. The number of carbonyl (C=O) groups is 5. The Hall–Kier alpha value is -3.49. The molecule has 0 amide bonds. The molecular formula is C27H36O9. The van der Waals surface area contributed by atoms with Gasteiger partial charge in [-0.15, -0.1) is 0 Å². The first-order valence-corrected chi connectivity index (χ1v) is 11.9. The smallest absolute Gasteiger partial charge is 0.305 e. The van der Waals surface area contributed by atoms with Gasteiger partial charge in [-0.25, -0.2) is 0 Å². The SMILES string of the molecule is COC(=O)CC[C@H](/C=C/C=C1\C(=O)C=C[C@]1(C/C=C\CCCCCOC(C)=O)OC(C)=O)OC(C)=O. The molecule has 0 saturated carbocycles. The second-order valence-corrected chi connectivity index (χ2v) is 8.27. The molecule has 0 spiro atoms. The van der Waals surface area contributed by atoms with Crippen molar-refractivity contribution in [3.8, 4) is 0 Å². The van der Waals surface area contributed by atoms with E-state index in [2.05, 4.69) is 4.74 Å². The van der Waals surface area contributed by atoms with Gasteiger partial charge in [0.05, 0.1) is 13.7 Å². The highest BCUT2D eigenvalue weighted by molar-refractivity contribution is 6.09. The van der Waals surface area contributed by atoms with Crippen molar-refractivity contribution in [2.45, 2.75) is 77.4 Å². The summed E-state index contributed by atoms with van der Waals surface area (Å²) in [5.41, 5.74) is -0.961. The van der Waals surface area contributed by atoms with E-state index in [1.165, 1.54) is 40.0 Å². The van der Waals surface area contributed by atoms with Gasteiger partial charge in [0.15, 0.2) is 11.4 Å². The third-order valence-electron chi connectivity index (χ3n) is 5.23. The summed E-state index contributed by atoms with van der Waals surface area (Å²) in [6.07, 6.45) is 14.7. The number of esters is 4. The van der Waals surface area contributed by atoms with Crippen LogP contribution in [0.1, 0.15) is 65.7 Å². The van der Waals surface area contributed by atoms with Crippen LogP contribution in [-0.2, 0) is 42.9 Å². The molecule has 0 unspecified atom stereocenters. The molecule has 1 aliphatic carbocycles. The Bertz CT molecular complexity index is 910. The molecule has 9 heteroatoms. The molecule has 198 valence electrons. The molecule has 0 radical (unpaired) electrons. The molecule has 9 nitrogen and oxygen atoms in total. The van der Waals surface area contributed by atoms with E-state index in [0.717, 1.165) is 25.7 Å². The highest BCUT2D eigenvalue weighted by Crippen LogP contribution is 2.34. The number of allylic oxidation sites excluding steroid dienone is 4. The maximum absolute atomic E-state index is 12.6. The predicted molar refractivity (Wildman–Crippen MR) is 132 cm³/mol. The zero-order valence-corrected chi connectivity index (χ0v) is 21.4. The van der Waals surface area contributed by atoms with E-state index in [9.17, 15) is 24.0 Å². The van der Waals surface area contributed by atoms with Gasteiger partial charge in [-0.2, -0.15) is 0 Å². The normalized spacial score (nSPS) is 19.1. The molecule has 1 aliphatic rings. The fraction of sp³-hybridized carbons (Fsp3) is 0.519. The Morgan fingerprint density at radius 3 is 2.39 bits per heavy atom. The van der Waals surface area contributed by atoms with Gasteiger partial charge in [0.2, 0.25) is 0 Å². The van der Waals surface area contributed by atoms with Gasteiger partial charge in [-0.1, -0.05) is 24.3 Å². The fourth-order valence-electron chi connectivity index (χ4n) is 3.57. The second kappa shape index (κ2) is 16.2. The van der Waals surface area contributed by atoms with Crippen LogP contribution in [0.5, 0.6) is 0 Å². The van der Waals surface area contributed by atoms with Gasteiger partial charge < -0.3 is 18.9 Å². The minimum atomic E-state index is -1.23. The topological polar surface area (TPSA) is 122 Å². The summed E-state index contributed by atoms with van der Waals surface area (Å²) in [4.78, 5) is 58.0. The van der Waals surface area contributed by atoms with Crippen molar-refractivity contribution in [2.24, 2.45) is 0 Å². The second-order valence-electron chi connectivity index (χ2n) is 8.27. The number of ether oxygens (including phenoxy) is 4. The predicted octanol–water partition coefficient (Wildman–Crippen LogP) is 3.86. The lowest BCUT2D eigenvalue weighted by Gasteiger charge is -2.27. The lowest BCUT2D eigenvalue weighted by atomic mass is 9.91. The van der Waals surface area contributed by atoms with Crippen molar-refractivity contribution in [3.63, 3.8) is 0 Å². The van der Waals surface area contributed by atoms with Gasteiger partial charge in [-0.3, -0.25) is 24.0 Å². The highest BCUT2D eigenvalue weighted by Gasteiger charge is 2.41. The van der Waals surface area contributed by atoms with E-state index in [1.54, 1.807) is 18.2 Å². The summed E-state index contributed by atoms with van der Waals surface area (Å²) in [5.74, 6) is -2.05. The maximum Gasteiger partial charge on any atom is 0.305 e. The van der Waals surface area contributed by atoms with Crippen molar-refractivity contribution in [1.82, 2.24) is 0 Å². The molecule has 0 aliphatic heterocycles. The molecule has 0 aromatic heterocycles. The van der Waals surface area contributed by atoms with Crippen molar-refractivity contribution in [3.05, 3.63) is 48.1 Å². The average Bonchev–Trinajstić information content (AvgIpc) is 3.10. The number of carbonyl (C=O) groups excluding carboxylic acids is 5. The van der Waals surface area contributed by atoms with E-state index in [0.29, 0.717) is 6.61 Å². The lowest BCUT2D eigenvalue weighted by Crippen LogP contribution is -2.33. The fourth-order valence-corrected chi connectivity index (χ4v) is 3.57. The van der Waals surface area contributed by atoms with Crippen LogP contribution in [0.2, 0.25) is 0 Å². The monoisotopic (exact) mass is 504 g/mol. The standard InChI is InChI=1S/C27H36O9/c1-20(28)34-19-10-8-6-5-7-9-17-27(36-22(3)30)18-16-25(31)24(27)13-11-12-23(35-21(2)29)14-15-26(32)33-4/h7,9,11-13,16,18,23H,5-6,8,10,14-15,17,19H2,1-4H3/b9-7-,12-11+,24-13+/t23-,27-/m0/s1. The first kappa shape index (κ1) is 30.5. The van der Waals surface area contributed by atoms with Crippen molar-refractivity contribution in [1.29, 1.82) is 0 Å². The number of ketones is 1. The minimum Gasteiger partial charge on any atom is -0.469 e. The van der Waals surface area contributed by atoms with E-state index < -0.39 is 29.6 Å². The summed E-state index contributed by atoms with van der Waals surface area (Å²) in [6, 6.07) is 0. The van der Waals surface area contributed by atoms with Gasteiger partial charge in [-0.05, 0) is 50.3 Å². The lowest BCUT2D eigenvalue weighted by molar-refractivity contribution is -0.149. The first-order chi connectivity index (χ1) is 17.1. The van der Waals surface area contributed by atoms with Crippen LogP contribution in [0.3, 0.4) is 0 Å². The molecule has 0 fully saturated rings. The van der Waals surface area contributed by atoms with Crippen LogP contribution in [0.4, 0.5) is 0 Å². The molecule has 0 heterocycles. The Balaban J connectivity index is 2.87. The molecule has 0 aromatic rings. The van der Waals surface area contributed by atoms with Gasteiger partial charge in [0.25, 0.3) is 0 Å². The molecule has 0 aromatic carbocycles. The molecular weight excluding hydrogens is 468 g/mol. The molecule has 0 saturated heterocycles. The quantitative estimate of drug-likeness (QED) is 0.108. The molecule has 2 atom stereocenters. The van der Waals surface area contributed by atoms with Crippen LogP contribution in [0.25, 0.3) is 0 Å². The summed E-state index contributed by atoms with van der Waals surface area (Å²) >= 11 is 0. The number of hydrogen-bond acceptors (Lipinski definition) is 9.